The second-order valence-electron chi connectivity index (χ2n) is 5.24. The van der Waals surface area contributed by atoms with Crippen LogP contribution in [0.3, 0.4) is 0 Å². The van der Waals surface area contributed by atoms with Crippen molar-refractivity contribution in [3.63, 3.8) is 0 Å². The molecule has 2 rings (SSSR count). The molecular weight excluding hydrogens is 225 g/mol. The Balaban J connectivity index is 2.12. The molecule has 0 aromatic heterocycles. The third-order valence-corrected chi connectivity index (χ3v) is 3.78. The monoisotopic (exact) mass is 241 g/mol. The van der Waals surface area contributed by atoms with Crippen LogP contribution < -0.4 is 5.73 Å². The van der Waals surface area contributed by atoms with Crippen LogP contribution in [0.15, 0.2) is 18.2 Å². The fourth-order valence-electron chi connectivity index (χ4n) is 2.67. The highest BCUT2D eigenvalue weighted by molar-refractivity contribution is 6.30. The molecule has 0 saturated heterocycles. The van der Waals surface area contributed by atoms with E-state index in [1.807, 2.05) is 6.07 Å². The van der Waals surface area contributed by atoms with Gasteiger partial charge in [0.2, 0.25) is 0 Å². The molecule has 0 aliphatic heterocycles. The van der Waals surface area contributed by atoms with Crippen LogP contribution in [-0.2, 0) is 6.42 Å². The molecule has 2 atom stereocenters. The molecule has 0 bridgehead atoms. The molecule has 0 radical (unpaired) electrons. The van der Waals surface area contributed by atoms with Crippen LogP contribution in [-0.4, -0.2) is 6.04 Å². The van der Waals surface area contributed by atoms with Gasteiger partial charge >= 0.3 is 0 Å². The fraction of sp³-hybridized carbons (Fsp3) is 0.538. The molecule has 2 N–H and O–H groups in total. The molecule has 2 unspecified atom stereocenters. The van der Waals surface area contributed by atoms with Crippen LogP contribution in [0.1, 0.15) is 31.7 Å². The van der Waals surface area contributed by atoms with Gasteiger partial charge in [-0.15, -0.1) is 0 Å². The average Bonchev–Trinajstić information content (AvgIpc) is 2.52. The molecule has 1 aromatic rings. The van der Waals surface area contributed by atoms with Crippen molar-refractivity contribution in [1.82, 2.24) is 0 Å². The maximum absolute atomic E-state index is 13.0. The Hall–Kier alpha value is -0.600. The second kappa shape index (κ2) is 4.34. The number of halogens is 2. The van der Waals surface area contributed by atoms with E-state index >= 15 is 0 Å². The molecule has 0 amide bonds. The van der Waals surface area contributed by atoms with E-state index in [-0.39, 0.29) is 16.3 Å². The van der Waals surface area contributed by atoms with Crippen LogP contribution in [0.5, 0.6) is 0 Å². The lowest BCUT2D eigenvalue weighted by Gasteiger charge is -2.24. The molecule has 1 saturated carbocycles. The number of benzene rings is 1. The zero-order valence-electron chi connectivity index (χ0n) is 9.47. The van der Waals surface area contributed by atoms with Crippen molar-refractivity contribution in [2.75, 3.05) is 0 Å². The van der Waals surface area contributed by atoms with Crippen molar-refractivity contribution < 1.29 is 4.39 Å². The van der Waals surface area contributed by atoms with Crippen molar-refractivity contribution in [2.45, 2.75) is 38.6 Å². The lowest BCUT2D eigenvalue weighted by atomic mass is 9.82. The van der Waals surface area contributed by atoms with Crippen molar-refractivity contribution in [1.29, 1.82) is 0 Å². The molecule has 1 aromatic carbocycles. The summed E-state index contributed by atoms with van der Waals surface area (Å²) in [7, 11) is 0. The lowest BCUT2D eigenvalue weighted by molar-refractivity contribution is 0.329. The SMILES string of the molecule is CC1(Cc2ccc(F)c(Cl)c2)CCC(N)C1. The highest BCUT2D eigenvalue weighted by Crippen LogP contribution is 2.40. The summed E-state index contributed by atoms with van der Waals surface area (Å²) < 4.78 is 13.0. The summed E-state index contributed by atoms with van der Waals surface area (Å²) in [5.74, 6) is -0.348. The first kappa shape index (κ1) is 11.9. The summed E-state index contributed by atoms with van der Waals surface area (Å²) in [6, 6.07) is 5.30. The van der Waals surface area contributed by atoms with Gasteiger partial charge in [0.25, 0.3) is 0 Å². The first-order valence-corrected chi connectivity index (χ1v) is 6.06. The van der Waals surface area contributed by atoms with E-state index in [9.17, 15) is 4.39 Å². The van der Waals surface area contributed by atoms with E-state index in [0.29, 0.717) is 6.04 Å². The van der Waals surface area contributed by atoms with Crippen LogP contribution in [0.2, 0.25) is 5.02 Å². The lowest BCUT2D eigenvalue weighted by Crippen LogP contribution is -2.21. The molecule has 1 aliphatic rings. The van der Waals surface area contributed by atoms with Gasteiger partial charge in [0, 0.05) is 6.04 Å². The van der Waals surface area contributed by atoms with Crippen LogP contribution in [0, 0.1) is 11.2 Å². The van der Waals surface area contributed by atoms with Gasteiger partial charge in [-0.1, -0.05) is 24.6 Å². The highest BCUT2D eigenvalue weighted by atomic mass is 35.5. The predicted molar refractivity (Wildman–Crippen MR) is 65.0 cm³/mol. The van der Waals surface area contributed by atoms with E-state index < -0.39 is 0 Å². The standard InChI is InChI=1S/C13H17ClFN/c1-13(5-4-10(16)8-13)7-9-2-3-12(15)11(14)6-9/h2-3,6,10H,4-5,7-8,16H2,1H3. The summed E-state index contributed by atoms with van der Waals surface area (Å²) in [4.78, 5) is 0. The summed E-state index contributed by atoms with van der Waals surface area (Å²) in [6.45, 7) is 2.25. The van der Waals surface area contributed by atoms with Gasteiger partial charge in [-0.25, -0.2) is 4.39 Å². The zero-order chi connectivity index (χ0) is 11.8. The third-order valence-electron chi connectivity index (χ3n) is 3.49. The van der Waals surface area contributed by atoms with Crippen molar-refractivity contribution >= 4 is 11.6 Å². The highest BCUT2D eigenvalue weighted by Gasteiger charge is 2.33. The Morgan fingerprint density at radius 2 is 2.31 bits per heavy atom. The predicted octanol–water partition coefficient (Wildman–Crippen LogP) is 3.54. The molecule has 16 heavy (non-hydrogen) atoms. The Morgan fingerprint density at radius 3 is 2.88 bits per heavy atom. The smallest absolute Gasteiger partial charge is 0.141 e. The maximum Gasteiger partial charge on any atom is 0.141 e. The van der Waals surface area contributed by atoms with Gasteiger partial charge in [-0.05, 0) is 48.8 Å². The minimum atomic E-state index is -0.348. The van der Waals surface area contributed by atoms with Crippen molar-refractivity contribution in [2.24, 2.45) is 11.1 Å². The first-order valence-electron chi connectivity index (χ1n) is 5.68. The Morgan fingerprint density at radius 1 is 1.56 bits per heavy atom. The summed E-state index contributed by atoms with van der Waals surface area (Å²) >= 11 is 5.77. The van der Waals surface area contributed by atoms with Crippen molar-refractivity contribution in [3.05, 3.63) is 34.6 Å². The van der Waals surface area contributed by atoms with Gasteiger partial charge < -0.3 is 5.73 Å². The second-order valence-corrected chi connectivity index (χ2v) is 5.65. The molecule has 1 aliphatic carbocycles. The van der Waals surface area contributed by atoms with Crippen LogP contribution >= 0.6 is 11.6 Å². The van der Waals surface area contributed by atoms with Gasteiger partial charge in [0.15, 0.2) is 0 Å². The van der Waals surface area contributed by atoms with Gasteiger partial charge in [-0.3, -0.25) is 0 Å². The fourth-order valence-corrected chi connectivity index (χ4v) is 2.88. The van der Waals surface area contributed by atoms with E-state index in [0.717, 1.165) is 31.2 Å². The molecule has 3 heteroatoms. The maximum atomic E-state index is 13.0. The topological polar surface area (TPSA) is 26.0 Å². The summed E-state index contributed by atoms with van der Waals surface area (Å²) in [5.41, 5.74) is 7.28. The van der Waals surface area contributed by atoms with Gasteiger partial charge in [0.1, 0.15) is 5.82 Å². The van der Waals surface area contributed by atoms with E-state index in [2.05, 4.69) is 6.92 Å². The number of nitrogens with two attached hydrogens (primary N) is 1. The quantitative estimate of drug-likeness (QED) is 0.842. The molecule has 88 valence electrons. The van der Waals surface area contributed by atoms with Gasteiger partial charge in [-0.2, -0.15) is 0 Å². The van der Waals surface area contributed by atoms with Crippen LogP contribution in [0.4, 0.5) is 4.39 Å². The number of rotatable bonds is 2. The Kier molecular flexibility index (Phi) is 3.22. The molecule has 1 fully saturated rings. The average molecular weight is 242 g/mol. The number of hydrogen-bond donors (Lipinski definition) is 1. The molecular formula is C13H17ClFN. The normalized spacial score (nSPS) is 29.6. The first-order chi connectivity index (χ1) is 7.48. The number of hydrogen-bond acceptors (Lipinski definition) is 1. The van der Waals surface area contributed by atoms with E-state index in [4.69, 9.17) is 17.3 Å². The minimum Gasteiger partial charge on any atom is -0.328 e. The third kappa shape index (κ3) is 2.55. The van der Waals surface area contributed by atoms with Crippen LogP contribution in [0.25, 0.3) is 0 Å². The van der Waals surface area contributed by atoms with E-state index in [1.165, 1.54) is 6.07 Å². The molecule has 0 heterocycles. The Labute approximate surface area is 101 Å². The summed E-state index contributed by atoms with van der Waals surface area (Å²) in [5, 5.41) is 0.211. The zero-order valence-corrected chi connectivity index (χ0v) is 10.2. The Bertz CT molecular complexity index is 394. The minimum absolute atomic E-state index is 0.211. The summed E-state index contributed by atoms with van der Waals surface area (Å²) in [6.07, 6.45) is 4.21. The molecule has 1 nitrogen and oxygen atoms in total. The van der Waals surface area contributed by atoms with Gasteiger partial charge in [0.05, 0.1) is 5.02 Å². The van der Waals surface area contributed by atoms with E-state index in [1.54, 1.807) is 6.07 Å². The van der Waals surface area contributed by atoms with Crippen molar-refractivity contribution in [3.8, 4) is 0 Å². The molecule has 0 spiro atoms. The largest absolute Gasteiger partial charge is 0.328 e.